The summed E-state index contributed by atoms with van der Waals surface area (Å²) in [4.78, 5) is 0. The van der Waals surface area contributed by atoms with E-state index in [1.807, 2.05) is 6.07 Å². The molecule has 1 aromatic carbocycles. The molecule has 0 heterocycles. The summed E-state index contributed by atoms with van der Waals surface area (Å²) >= 11 is 12.2. The van der Waals surface area contributed by atoms with E-state index in [1.54, 1.807) is 12.1 Å². The van der Waals surface area contributed by atoms with Crippen molar-refractivity contribution in [2.75, 3.05) is 0 Å². The number of benzene rings is 1. The van der Waals surface area contributed by atoms with Gasteiger partial charge < -0.3 is 0 Å². The fourth-order valence-corrected chi connectivity index (χ4v) is 3.12. The second-order valence-corrected chi connectivity index (χ2v) is 5.80. The zero-order valence-corrected chi connectivity index (χ0v) is 11.3. The van der Waals surface area contributed by atoms with Crippen molar-refractivity contribution in [1.82, 2.24) is 0 Å². The summed E-state index contributed by atoms with van der Waals surface area (Å²) in [6.45, 7) is 0. The Balaban J connectivity index is 2.10. The maximum atomic E-state index is 13.8. The van der Waals surface area contributed by atoms with Crippen molar-refractivity contribution in [2.45, 2.75) is 43.9 Å². The molecule has 3 heteroatoms. The molecule has 0 nitrogen and oxygen atoms in total. The smallest absolute Gasteiger partial charge is 0.144 e. The highest BCUT2D eigenvalue weighted by Gasteiger charge is 2.23. The predicted octanol–water partition coefficient (Wildman–Crippen LogP) is 5.21. The SMILES string of the molecule is Fc1c(Cl)cccc1CC1CCCCCC1Cl. The molecule has 1 fully saturated rings. The molecule has 17 heavy (non-hydrogen) atoms. The minimum atomic E-state index is -0.276. The molecule has 0 aromatic heterocycles. The molecule has 1 aromatic rings. The van der Waals surface area contributed by atoms with Gasteiger partial charge in [0.15, 0.2) is 0 Å². The van der Waals surface area contributed by atoms with E-state index in [4.69, 9.17) is 23.2 Å². The van der Waals surface area contributed by atoms with E-state index >= 15 is 0 Å². The lowest BCUT2D eigenvalue weighted by molar-refractivity contribution is 0.454. The van der Waals surface area contributed by atoms with Gasteiger partial charge in [-0.05, 0) is 36.8 Å². The lowest BCUT2D eigenvalue weighted by Gasteiger charge is -2.20. The second kappa shape index (κ2) is 6.06. The van der Waals surface area contributed by atoms with Crippen molar-refractivity contribution in [2.24, 2.45) is 5.92 Å². The number of hydrogen-bond acceptors (Lipinski definition) is 0. The standard InChI is InChI=1S/C14H17Cl2F/c15-12-7-3-1-2-5-10(12)9-11-6-4-8-13(16)14(11)17/h4,6,8,10,12H,1-3,5,7,9H2. The van der Waals surface area contributed by atoms with Gasteiger partial charge in [0, 0.05) is 5.38 Å². The molecule has 0 amide bonds. The normalized spacial score (nSPS) is 25.6. The van der Waals surface area contributed by atoms with Crippen molar-refractivity contribution in [3.05, 3.63) is 34.6 Å². The third-order valence-corrected chi connectivity index (χ3v) is 4.45. The van der Waals surface area contributed by atoms with Crippen molar-refractivity contribution in [3.63, 3.8) is 0 Å². The van der Waals surface area contributed by atoms with Crippen molar-refractivity contribution >= 4 is 23.2 Å². The molecule has 2 rings (SSSR count). The van der Waals surface area contributed by atoms with Crippen LogP contribution in [0, 0.1) is 11.7 Å². The maximum absolute atomic E-state index is 13.8. The van der Waals surface area contributed by atoms with Crippen LogP contribution in [0.15, 0.2) is 18.2 Å². The van der Waals surface area contributed by atoms with Gasteiger partial charge in [0.2, 0.25) is 0 Å². The largest absolute Gasteiger partial charge is 0.205 e. The van der Waals surface area contributed by atoms with Crippen LogP contribution in [-0.2, 0) is 6.42 Å². The van der Waals surface area contributed by atoms with E-state index < -0.39 is 0 Å². The Morgan fingerprint density at radius 3 is 2.76 bits per heavy atom. The number of halogens is 3. The fourth-order valence-electron chi connectivity index (χ4n) is 2.56. The minimum Gasteiger partial charge on any atom is -0.205 e. The third kappa shape index (κ3) is 3.35. The number of hydrogen-bond donors (Lipinski definition) is 0. The molecule has 1 saturated carbocycles. The monoisotopic (exact) mass is 274 g/mol. The summed E-state index contributed by atoms with van der Waals surface area (Å²) in [5.41, 5.74) is 0.704. The molecular weight excluding hydrogens is 258 g/mol. The molecule has 0 saturated heterocycles. The molecule has 2 atom stereocenters. The Morgan fingerprint density at radius 2 is 1.94 bits per heavy atom. The summed E-state index contributed by atoms with van der Waals surface area (Å²) in [7, 11) is 0. The van der Waals surface area contributed by atoms with Gasteiger partial charge in [-0.15, -0.1) is 11.6 Å². The molecule has 0 radical (unpaired) electrons. The maximum Gasteiger partial charge on any atom is 0.144 e. The van der Waals surface area contributed by atoms with Gasteiger partial charge in [0.25, 0.3) is 0 Å². The van der Waals surface area contributed by atoms with Gasteiger partial charge in [0.1, 0.15) is 5.82 Å². The van der Waals surface area contributed by atoms with Crippen LogP contribution in [0.2, 0.25) is 5.02 Å². The van der Waals surface area contributed by atoms with Crippen molar-refractivity contribution in [3.8, 4) is 0 Å². The van der Waals surface area contributed by atoms with Gasteiger partial charge >= 0.3 is 0 Å². The highest BCUT2D eigenvalue weighted by atomic mass is 35.5. The predicted molar refractivity (Wildman–Crippen MR) is 71.3 cm³/mol. The Morgan fingerprint density at radius 1 is 1.18 bits per heavy atom. The third-order valence-electron chi connectivity index (χ3n) is 3.58. The molecule has 2 unspecified atom stereocenters. The first-order valence-electron chi connectivity index (χ1n) is 6.25. The first-order chi connectivity index (χ1) is 8.18. The molecule has 1 aliphatic carbocycles. The first-order valence-corrected chi connectivity index (χ1v) is 7.07. The van der Waals surface area contributed by atoms with E-state index in [-0.39, 0.29) is 16.2 Å². The van der Waals surface area contributed by atoms with E-state index in [0.717, 1.165) is 12.8 Å². The highest BCUT2D eigenvalue weighted by Crippen LogP contribution is 2.31. The molecule has 0 aliphatic heterocycles. The van der Waals surface area contributed by atoms with Crippen molar-refractivity contribution < 1.29 is 4.39 Å². The quantitative estimate of drug-likeness (QED) is 0.513. The summed E-state index contributed by atoms with van der Waals surface area (Å²) in [6.07, 6.45) is 6.51. The first kappa shape index (κ1) is 13.2. The Labute approximate surface area is 112 Å². The topological polar surface area (TPSA) is 0 Å². The molecule has 94 valence electrons. The highest BCUT2D eigenvalue weighted by molar-refractivity contribution is 6.30. The number of rotatable bonds is 2. The van der Waals surface area contributed by atoms with Crippen LogP contribution in [0.25, 0.3) is 0 Å². The summed E-state index contributed by atoms with van der Waals surface area (Å²) in [5, 5.41) is 0.387. The second-order valence-electron chi connectivity index (χ2n) is 4.83. The molecule has 0 spiro atoms. The summed E-state index contributed by atoms with van der Waals surface area (Å²) in [6, 6.07) is 5.21. The molecule has 0 N–H and O–H groups in total. The van der Waals surface area contributed by atoms with Gasteiger partial charge in [-0.25, -0.2) is 4.39 Å². The van der Waals surface area contributed by atoms with Crippen LogP contribution in [0.5, 0.6) is 0 Å². The van der Waals surface area contributed by atoms with E-state index in [1.165, 1.54) is 19.3 Å². The Kier molecular flexibility index (Phi) is 4.69. The van der Waals surface area contributed by atoms with Crippen LogP contribution >= 0.6 is 23.2 Å². The number of alkyl halides is 1. The average Bonchev–Trinajstić information content (AvgIpc) is 2.51. The van der Waals surface area contributed by atoms with Crippen LogP contribution in [0.3, 0.4) is 0 Å². The lowest BCUT2D eigenvalue weighted by Crippen LogP contribution is -2.16. The molecule has 1 aliphatic rings. The van der Waals surface area contributed by atoms with Gasteiger partial charge in [-0.2, -0.15) is 0 Å². The van der Waals surface area contributed by atoms with Crippen LogP contribution in [0.4, 0.5) is 4.39 Å². The van der Waals surface area contributed by atoms with E-state index in [2.05, 4.69) is 0 Å². The van der Waals surface area contributed by atoms with Gasteiger partial charge in [-0.3, -0.25) is 0 Å². The minimum absolute atomic E-state index is 0.177. The zero-order chi connectivity index (χ0) is 12.3. The van der Waals surface area contributed by atoms with E-state index in [9.17, 15) is 4.39 Å². The van der Waals surface area contributed by atoms with Gasteiger partial charge in [0.05, 0.1) is 5.02 Å². The summed E-state index contributed by atoms with van der Waals surface area (Å²) in [5.74, 6) is 0.106. The molecular formula is C14H17Cl2F. The van der Waals surface area contributed by atoms with Crippen LogP contribution in [-0.4, -0.2) is 5.38 Å². The Bertz CT molecular complexity index is 378. The Hall–Kier alpha value is -0.270. The summed E-state index contributed by atoms with van der Waals surface area (Å²) < 4.78 is 13.8. The average molecular weight is 275 g/mol. The van der Waals surface area contributed by atoms with Crippen LogP contribution < -0.4 is 0 Å². The van der Waals surface area contributed by atoms with Gasteiger partial charge in [-0.1, -0.05) is 43.0 Å². The lowest BCUT2D eigenvalue weighted by atomic mass is 9.92. The molecule has 0 bridgehead atoms. The zero-order valence-electron chi connectivity index (χ0n) is 9.76. The van der Waals surface area contributed by atoms with E-state index in [0.29, 0.717) is 17.9 Å². The fraction of sp³-hybridized carbons (Fsp3) is 0.571. The van der Waals surface area contributed by atoms with Crippen molar-refractivity contribution in [1.29, 1.82) is 0 Å². The van der Waals surface area contributed by atoms with Crippen LogP contribution in [0.1, 0.15) is 37.7 Å².